The lowest BCUT2D eigenvalue weighted by Gasteiger charge is -2.19. The molecule has 1 atom stereocenters. The summed E-state index contributed by atoms with van der Waals surface area (Å²) in [5.74, 6) is 1.82. The van der Waals surface area contributed by atoms with Gasteiger partial charge in [0.25, 0.3) is 0 Å². The molecule has 0 saturated heterocycles. The minimum atomic E-state index is 0.593. The number of rotatable bonds is 5. The summed E-state index contributed by atoms with van der Waals surface area (Å²) in [4.78, 5) is 1.37. The zero-order valence-electron chi connectivity index (χ0n) is 10.1. The Hall–Kier alpha value is -0.470. The summed E-state index contributed by atoms with van der Waals surface area (Å²) < 4.78 is 0. The molecule has 1 unspecified atom stereocenters. The minimum Gasteiger partial charge on any atom is -0.316 e. The van der Waals surface area contributed by atoms with E-state index in [2.05, 4.69) is 50.4 Å². The average Bonchev–Trinajstić information content (AvgIpc) is 2.18. The molecule has 0 aromatic heterocycles. The quantitative estimate of drug-likeness (QED) is 0.768. The van der Waals surface area contributed by atoms with Crippen molar-refractivity contribution in [1.82, 2.24) is 5.32 Å². The van der Waals surface area contributed by atoms with Crippen LogP contribution in [0.15, 0.2) is 29.2 Å². The number of hydrogen-bond donors (Lipinski definition) is 1. The molecule has 0 amide bonds. The van der Waals surface area contributed by atoms with Crippen LogP contribution >= 0.6 is 11.8 Å². The second-order valence-electron chi connectivity index (χ2n) is 4.27. The van der Waals surface area contributed by atoms with Gasteiger partial charge in [0.05, 0.1) is 0 Å². The smallest absolute Gasteiger partial charge is 0.0181 e. The first kappa shape index (κ1) is 12.6. The van der Waals surface area contributed by atoms with E-state index in [0.29, 0.717) is 12.0 Å². The minimum absolute atomic E-state index is 0.593. The van der Waals surface area contributed by atoms with Gasteiger partial charge >= 0.3 is 0 Å². The van der Waals surface area contributed by atoms with Crippen LogP contribution in [0.3, 0.4) is 0 Å². The highest BCUT2D eigenvalue weighted by atomic mass is 32.2. The lowest BCUT2D eigenvalue weighted by Crippen LogP contribution is -2.32. The molecule has 0 saturated carbocycles. The first-order chi connectivity index (χ1) is 7.13. The molecule has 0 aliphatic rings. The normalized spacial score (nSPS) is 13.1. The SMILES string of the molecule is CNC(CSc1cccc(C)c1)C(C)C. The van der Waals surface area contributed by atoms with Crippen molar-refractivity contribution in [3.05, 3.63) is 29.8 Å². The second-order valence-corrected chi connectivity index (χ2v) is 5.36. The summed E-state index contributed by atoms with van der Waals surface area (Å²) in [5, 5.41) is 3.37. The summed E-state index contributed by atoms with van der Waals surface area (Å²) in [6, 6.07) is 9.29. The highest BCUT2D eigenvalue weighted by Gasteiger charge is 2.10. The predicted octanol–water partition coefficient (Wildman–Crippen LogP) is 3.33. The number of thioether (sulfide) groups is 1. The Morgan fingerprint density at radius 3 is 2.60 bits per heavy atom. The maximum absolute atomic E-state index is 3.37. The zero-order chi connectivity index (χ0) is 11.3. The predicted molar refractivity (Wildman–Crippen MR) is 69.6 cm³/mol. The van der Waals surface area contributed by atoms with Crippen molar-refractivity contribution in [3.8, 4) is 0 Å². The molecule has 1 aromatic rings. The van der Waals surface area contributed by atoms with Gasteiger partial charge in [-0.1, -0.05) is 31.5 Å². The number of nitrogens with one attached hydrogen (secondary N) is 1. The van der Waals surface area contributed by atoms with Gasteiger partial charge in [0.15, 0.2) is 0 Å². The molecule has 0 bridgehead atoms. The molecule has 1 N–H and O–H groups in total. The van der Waals surface area contributed by atoms with Crippen LogP contribution in [-0.2, 0) is 0 Å². The van der Waals surface area contributed by atoms with E-state index in [0.717, 1.165) is 5.75 Å². The molecule has 84 valence electrons. The lowest BCUT2D eigenvalue weighted by atomic mass is 10.1. The largest absolute Gasteiger partial charge is 0.316 e. The van der Waals surface area contributed by atoms with E-state index in [-0.39, 0.29) is 0 Å². The lowest BCUT2D eigenvalue weighted by molar-refractivity contribution is 0.465. The first-order valence-corrected chi connectivity index (χ1v) is 6.48. The number of aryl methyl sites for hydroxylation is 1. The zero-order valence-corrected chi connectivity index (χ0v) is 10.9. The Labute approximate surface area is 97.7 Å². The van der Waals surface area contributed by atoms with Crippen LogP contribution in [0.2, 0.25) is 0 Å². The standard InChI is InChI=1S/C13H21NS/c1-10(2)13(14-4)9-15-12-7-5-6-11(3)8-12/h5-8,10,13-14H,9H2,1-4H3. The van der Waals surface area contributed by atoms with E-state index < -0.39 is 0 Å². The van der Waals surface area contributed by atoms with Gasteiger partial charge in [0.1, 0.15) is 0 Å². The van der Waals surface area contributed by atoms with Crippen LogP contribution in [0, 0.1) is 12.8 Å². The second kappa shape index (κ2) is 6.19. The Morgan fingerprint density at radius 1 is 1.33 bits per heavy atom. The third-order valence-corrected chi connectivity index (χ3v) is 3.71. The van der Waals surface area contributed by atoms with Crippen molar-refractivity contribution in [2.75, 3.05) is 12.8 Å². The van der Waals surface area contributed by atoms with Crippen LogP contribution in [0.1, 0.15) is 19.4 Å². The van der Waals surface area contributed by atoms with Crippen molar-refractivity contribution in [2.24, 2.45) is 5.92 Å². The van der Waals surface area contributed by atoms with Crippen LogP contribution in [0.5, 0.6) is 0 Å². The Bertz CT molecular complexity index is 296. The first-order valence-electron chi connectivity index (χ1n) is 5.50. The van der Waals surface area contributed by atoms with Crippen LogP contribution in [0.25, 0.3) is 0 Å². The third kappa shape index (κ3) is 4.27. The van der Waals surface area contributed by atoms with Gasteiger partial charge in [0.2, 0.25) is 0 Å². The van der Waals surface area contributed by atoms with Gasteiger partial charge in [0, 0.05) is 16.7 Å². The summed E-state index contributed by atoms with van der Waals surface area (Å²) in [6.07, 6.45) is 0. The molecule has 15 heavy (non-hydrogen) atoms. The summed E-state index contributed by atoms with van der Waals surface area (Å²) >= 11 is 1.93. The fraction of sp³-hybridized carbons (Fsp3) is 0.538. The van der Waals surface area contributed by atoms with Crippen molar-refractivity contribution < 1.29 is 0 Å². The summed E-state index contributed by atoms with van der Waals surface area (Å²) in [5.41, 5.74) is 1.34. The number of hydrogen-bond acceptors (Lipinski definition) is 2. The van der Waals surface area contributed by atoms with Gasteiger partial charge in [-0.3, -0.25) is 0 Å². The molecule has 0 aliphatic heterocycles. The van der Waals surface area contributed by atoms with E-state index in [1.807, 2.05) is 18.8 Å². The van der Waals surface area contributed by atoms with Crippen molar-refractivity contribution >= 4 is 11.8 Å². The van der Waals surface area contributed by atoms with E-state index >= 15 is 0 Å². The van der Waals surface area contributed by atoms with E-state index in [9.17, 15) is 0 Å². The Morgan fingerprint density at radius 2 is 2.07 bits per heavy atom. The van der Waals surface area contributed by atoms with E-state index in [4.69, 9.17) is 0 Å². The molecule has 0 radical (unpaired) electrons. The molecule has 1 rings (SSSR count). The highest BCUT2D eigenvalue weighted by Crippen LogP contribution is 2.21. The maximum Gasteiger partial charge on any atom is 0.0181 e. The van der Waals surface area contributed by atoms with Crippen LogP contribution in [0.4, 0.5) is 0 Å². The van der Waals surface area contributed by atoms with Crippen LogP contribution < -0.4 is 5.32 Å². The molecular weight excluding hydrogens is 202 g/mol. The van der Waals surface area contributed by atoms with Crippen molar-refractivity contribution in [1.29, 1.82) is 0 Å². The van der Waals surface area contributed by atoms with Crippen molar-refractivity contribution in [2.45, 2.75) is 31.7 Å². The third-order valence-electron chi connectivity index (χ3n) is 2.59. The average molecular weight is 223 g/mol. The molecule has 0 spiro atoms. The van der Waals surface area contributed by atoms with Gasteiger partial charge in [-0.05, 0) is 32.0 Å². The molecule has 2 heteroatoms. The molecule has 1 aromatic carbocycles. The van der Waals surface area contributed by atoms with Crippen LogP contribution in [-0.4, -0.2) is 18.8 Å². The Balaban J connectivity index is 2.49. The topological polar surface area (TPSA) is 12.0 Å². The summed E-state index contributed by atoms with van der Waals surface area (Å²) in [7, 11) is 2.04. The summed E-state index contributed by atoms with van der Waals surface area (Å²) in [6.45, 7) is 6.66. The van der Waals surface area contributed by atoms with Gasteiger partial charge < -0.3 is 5.32 Å². The van der Waals surface area contributed by atoms with E-state index in [1.165, 1.54) is 10.5 Å². The van der Waals surface area contributed by atoms with Gasteiger partial charge in [-0.2, -0.15) is 0 Å². The molecule has 0 heterocycles. The van der Waals surface area contributed by atoms with Gasteiger partial charge in [-0.15, -0.1) is 11.8 Å². The van der Waals surface area contributed by atoms with Crippen molar-refractivity contribution in [3.63, 3.8) is 0 Å². The molecular formula is C13H21NS. The Kier molecular flexibility index (Phi) is 5.20. The fourth-order valence-corrected chi connectivity index (χ4v) is 2.87. The number of benzene rings is 1. The maximum atomic E-state index is 3.37. The fourth-order valence-electron chi connectivity index (χ4n) is 1.50. The van der Waals surface area contributed by atoms with E-state index in [1.54, 1.807) is 0 Å². The van der Waals surface area contributed by atoms with Gasteiger partial charge in [-0.25, -0.2) is 0 Å². The monoisotopic (exact) mass is 223 g/mol. The molecule has 1 nitrogen and oxygen atoms in total. The molecule has 0 fully saturated rings. The molecule has 0 aliphatic carbocycles. The highest BCUT2D eigenvalue weighted by molar-refractivity contribution is 7.99.